The first-order valence-corrected chi connectivity index (χ1v) is 6.06. The predicted octanol–water partition coefficient (Wildman–Crippen LogP) is 1.73. The average Bonchev–Trinajstić information content (AvgIpc) is 2.62. The van der Waals surface area contributed by atoms with E-state index in [4.69, 9.17) is 9.84 Å². The third-order valence-corrected chi connectivity index (χ3v) is 2.52. The number of ether oxygens (including phenoxy) is 1. The van der Waals surface area contributed by atoms with Crippen molar-refractivity contribution in [2.45, 2.75) is 32.8 Å². The van der Waals surface area contributed by atoms with Gasteiger partial charge in [-0.15, -0.1) is 11.3 Å². The molecule has 0 spiro atoms. The lowest BCUT2D eigenvalue weighted by atomic mass is 10.0. The summed E-state index contributed by atoms with van der Waals surface area (Å²) in [5.74, 6) is -3.11. The number of esters is 1. The van der Waals surface area contributed by atoms with E-state index in [2.05, 4.69) is 4.98 Å². The summed E-state index contributed by atoms with van der Waals surface area (Å²) in [6.07, 6.45) is 0.0632. The van der Waals surface area contributed by atoms with Gasteiger partial charge >= 0.3 is 11.9 Å². The van der Waals surface area contributed by atoms with Crippen molar-refractivity contribution in [3.63, 3.8) is 0 Å². The highest BCUT2D eigenvalue weighted by molar-refractivity contribution is 7.07. The first kappa shape index (κ1) is 13.6. The maximum atomic E-state index is 11.7. The van der Waals surface area contributed by atoms with Crippen LogP contribution in [0.25, 0.3) is 0 Å². The Balaban J connectivity index is 2.73. The molecule has 0 bridgehead atoms. The van der Waals surface area contributed by atoms with Crippen molar-refractivity contribution in [1.29, 1.82) is 0 Å². The number of hydrogen-bond donors (Lipinski definition) is 1. The van der Waals surface area contributed by atoms with Crippen molar-refractivity contribution in [2.75, 3.05) is 0 Å². The van der Waals surface area contributed by atoms with Crippen LogP contribution >= 0.6 is 11.3 Å². The van der Waals surface area contributed by atoms with E-state index >= 15 is 0 Å². The van der Waals surface area contributed by atoms with Gasteiger partial charge in [0.25, 0.3) is 0 Å². The van der Waals surface area contributed by atoms with E-state index in [9.17, 15) is 9.59 Å². The van der Waals surface area contributed by atoms with E-state index in [-0.39, 0.29) is 6.42 Å². The molecule has 1 atom stereocenters. The molecule has 1 N–H and O–H groups in total. The molecular weight excluding hydrogens is 242 g/mol. The van der Waals surface area contributed by atoms with E-state index < -0.39 is 23.5 Å². The van der Waals surface area contributed by atoms with E-state index in [1.54, 1.807) is 31.7 Å². The number of carbonyl (C=O) groups excluding carboxylic acids is 1. The molecule has 0 aromatic carbocycles. The zero-order valence-corrected chi connectivity index (χ0v) is 10.8. The van der Waals surface area contributed by atoms with E-state index in [0.717, 1.165) is 0 Å². The minimum atomic E-state index is -1.20. The molecular formula is C11H15NO4S. The Morgan fingerprint density at radius 3 is 2.59 bits per heavy atom. The second kappa shape index (κ2) is 5.27. The summed E-state index contributed by atoms with van der Waals surface area (Å²) in [5, 5.41) is 10.7. The fourth-order valence-corrected chi connectivity index (χ4v) is 1.76. The number of aliphatic carboxylic acids is 1. The molecule has 6 heteroatoms. The van der Waals surface area contributed by atoms with Crippen LogP contribution in [0.4, 0.5) is 0 Å². The zero-order chi connectivity index (χ0) is 13.1. The first-order chi connectivity index (χ1) is 7.79. The summed E-state index contributed by atoms with van der Waals surface area (Å²) in [5.41, 5.74) is 1.50. The number of carboxylic acid groups (broad SMARTS) is 1. The molecule has 0 amide bonds. The van der Waals surface area contributed by atoms with Gasteiger partial charge in [-0.2, -0.15) is 0 Å². The van der Waals surface area contributed by atoms with E-state index in [0.29, 0.717) is 5.69 Å². The Kier molecular flexibility index (Phi) is 4.22. The molecule has 17 heavy (non-hydrogen) atoms. The Labute approximate surface area is 103 Å². The van der Waals surface area contributed by atoms with Crippen molar-refractivity contribution in [3.05, 3.63) is 16.6 Å². The molecule has 0 saturated heterocycles. The summed E-state index contributed by atoms with van der Waals surface area (Å²) in [6.45, 7) is 5.10. The fourth-order valence-electron chi connectivity index (χ4n) is 1.19. The van der Waals surface area contributed by atoms with Gasteiger partial charge in [0.05, 0.1) is 11.2 Å². The Bertz CT molecular complexity index is 394. The molecule has 0 fully saturated rings. The number of carboxylic acids is 1. The SMILES string of the molecule is CC(C)(C)OC(=O)C(Cc1cscn1)C(=O)O. The molecule has 0 radical (unpaired) electrons. The second-order valence-corrected chi connectivity index (χ2v) is 5.33. The van der Waals surface area contributed by atoms with Crippen molar-refractivity contribution in [3.8, 4) is 0 Å². The highest BCUT2D eigenvalue weighted by atomic mass is 32.1. The minimum Gasteiger partial charge on any atom is -0.481 e. The number of hydrogen-bond acceptors (Lipinski definition) is 5. The zero-order valence-electron chi connectivity index (χ0n) is 9.97. The molecule has 0 saturated carbocycles. The van der Waals surface area contributed by atoms with Crippen LogP contribution in [-0.4, -0.2) is 27.6 Å². The lowest BCUT2D eigenvalue weighted by Gasteiger charge is -2.21. The number of carbonyl (C=O) groups is 2. The van der Waals surface area contributed by atoms with Gasteiger partial charge in [0.1, 0.15) is 5.60 Å². The predicted molar refractivity (Wildman–Crippen MR) is 62.8 cm³/mol. The number of rotatable bonds is 4. The van der Waals surface area contributed by atoms with Crippen LogP contribution in [0.2, 0.25) is 0 Å². The quantitative estimate of drug-likeness (QED) is 0.656. The molecule has 94 valence electrons. The lowest BCUT2D eigenvalue weighted by Crippen LogP contribution is -2.34. The van der Waals surface area contributed by atoms with E-state index in [1.165, 1.54) is 11.3 Å². The van der Waals surface area contributed by atoms with Crippen LogP contribution in [0.15, 0.2) is 10.9 Å². The van der Waals surface area contributed by atoms with Gasteiger partial charge in [-0.3, -0.25) is 9.59 Å². The summed E-state index contributed by atoms with van der Waals surface area (Å²) in [4.78, 5) is 26.7. The highest BCUT2D eigenvalue weighted by Gasteiger charge is 2.31. The van der Waals surface area contributed by atoms with Crippen molar-refractivity contribution in [2.24, 2.45) is 5.92 Å². The van der Waals surface area contributed by atoms with Crippen LogP contribution < -0.4 is 0 Å². The van der Waals surface area contributed by atoms with Gasteiger partial charge in [-0.05, 0) is 20.8 Å². The van der Waals surface area contributed by atoms with Crippen molar-refractivity contribution in [1.82, 2.24) is 4.98 Å². The molecule has 0 aliphatic rings. The minimum absolute atomic E-state index is 0.0632. The Hall–Kier alpha value is -1.43. The summed E-state index contributed by atoms with van der Waals surface area (Å²) >= 11 is 1.36. The van der Waals surface area contributed by atoms with Crippen molar-refractivity contribution < 1.29 is 19.4 Å². The topological polar surface area (TPSA) is 76.5 Å². The van der Waals surface area contributed by atoms with Crippen LogP contribution in [0, 0.1) is 5.92 Å². The molecule has 1 rings (SSSR count). The normalized spacial score (nSPS) is 13.1. The van der Waals surface area contributed by atoms with Crippen LogP contribution in [-0.2, 0) is 20.7 Å². The molecule has 1 aromatic heterocycles. The smallest absolute Gasteiger partial charge is 0.321 e. The number of aromatic nitrogens is 1. The molecule has 1 unspecified atom stereocenters. The Morgan fingerprint density at radius 1 is 1.53 bits per heavy atom. The van der Waals surface area contributed by atoms with Crippen LogP contribution in [0.3, 0.4) is 0 Å². The van der Waals surface area contributed by atoms with Gasteiger partial charge < -0.3 is 9.84 Å². The standard InChI is InChI=1S/C11H15NO4S/c1-11(2,3)16-10(15)8(9(13)14)4-7-5-17-6-12-7/h5-6,8H,4H2,1-3H3,(H,13,14). The van der Waals surface area contributed by atoms with E-state index in [1.807, 2.05) is 0 Å². The maximum absolute atomic E-state index is 11.7. The maximum Gasteiger partial charge on any atom is 0.321 e. The van der Waals surface area contributed by atoms with Gasteiger partial charge in [0, 0.05) is 11.8 Å². The summed E-state index contributed by atoms with van der Waals surface area (Å²) in [6, 6.07) is 0. The molecule has 0 aliphatic carbocycles. The lowest BCUT2D eigenvalue weighted by molar-refractivity contribution is -0.166. The van der Waals surface area contributed by atoms with Crippen molar-refractivity contribution >= 4 is 23.3 Å². The molecule has 5 nitrogen and oxygen atoms in total. The van der Waals surface area contributed by atoms with Gasteiger partial charge in [-0.25, -0.2) is 4.98 Å². The Morgan fingerprint density at radius 2 is 2.18 bits per heavy atom. The highest BCUT2D eigenvalue weighted by Crippen LogP contribution is 2.16. The third kappa shape index (κ3) is 4.52. The molecule has 1 heterocycles. The summed E-state index contributed by atoms with van der Waals surface area (Å²) < 4.78 is 5.07. The van der Waals surface area contributed by atoms with Gasteiger partial charge in [0.2, 0.25) is 0 Å². The first-order valence-electron chi connectivity index (χ1n) is 5.12. The largest absolute Gasteiger partial charge is 0.481 e. The summed E-state index contributed by atoms with van der Waals surface area (Å²) in [7, 11) is 0. The average molecular weight is 257 g/mol. The third-order valence-electron chi connectivity index (χ3n) is 1.89. The van der Waals surface area contributed by atoms with Gasteiger partial charge in [0.15, 0.2) is 5.92 Å². The monoisotopic (exact) mass is 257 g/mol. The van der Waals surface area contributed by atoms with Crippen LogP contribution in [0.1, 0.15) is 26.5 Å². The number of thiazole rings is 1. The van der Waals surface area contributed by atoms with Crippen LogP contribution in [0.5, 0.6) is 0 Å². The molecule has 1 aromatic rings. The fraction of sp³-hybridized carbons (Fsp3) is 0.545. The second-order valence-electron chi connectivity index (χ2n) is 4.61. The number of nitrogens with zero attached hydrogens (tertiary/aromatic N) is 1. The van der Waals surface area contributed by atoms with Gasteiger partial charge in [-0.1, -0.05) is 0 Å². The molecule has 0 aliphatic heterocycles.